The molecule has 0 aliphatic rings. The maximum atomic E-state index is 5.62. The molecule has 0 N–H and O–H groups in total. The fourth-order valence-corrected chi connectivity index (χ4v) is 0.776. The lowest BCUT2D eigenvalue weighted by Gasteiger charge is -1.87. The van der Waals surface area contributed by atoms with Crippen LogP contribution in [0.25, 0.3) is 0 Å². The van der Waals surface area contributed by atoms with Crippen molar-refractivity contribution in [1.29, 1.82) is 0 Å². The number of hydrogen-bond acceptors (Lipinski definition) is 0. The molecule has 0 heterocycles. The molecule has 1 aromatic rings. The number of rotatable bonds is 0. The van der Waals surface area contributed by atoms with Crippen LogP contribution in [-0.2, 0) is 0 Å². The SMILES string of the molecule is Cc1[c]ccc(Cl)c1.[Br][Mg][Br]. The summed E-state index contributed by atoms with van der Waals surface area (Å²) in [4.78, 5) is 0. The fourth-order valence-electron chi connectivity index (χ4n) is 0.549. The Labute approximate surface area is 94.2 Å². The van der Waals surface area contributed by atoms with E-state index in [2.05, 4.69) is 31.8 Å². The van der Waals surface area contributed by atoms with Crippen LogP contribution in [0.1, 0.15) is 5.56 Å². The zero-order valence-electron chi connectivity index (χ0n) is 6.07. The maximum Gasteiger partial charge on any atom is 0.560 e. The monoisotopic (exact) mass is 307 g/mol. The van der Waals surface area contributed by atoms with E-state index in [1.165, 1.54) is 0 Å². The molecule has 0 nitrogen and oxygen atoms in total. The van der Waals surface area contributed by atoms with E-state index in [0.29, 0.717) is 0 Å². The molecule has 11 heavy (non-hydrogen) atoms. The fraction of sp³-hybridized carbons (Fsp3) is 0.143. The average Bonchev–Trinajstić information content (AvgIpc) is 1.88. The molecule has 1 aromatic carbocycles. The summed E-state index contributed by atoms with van der Waals surface area (Å²) in [6.45, 7) is 1.96. The molecule has 57 valence electrons. The summed E-state index contributed by atoms with van der Waals surface area (Å²) in [5.41, 5.74) is 1.08. The van der Waals surface area contributed by atoms with Crippen LogP contribution >= 0.6 is 37.4 Å². The molecule has 0 saturated carbocycles. The van der Waals surface area contributed by atoms with Crippen molar-refractivity contribution in [2.45, 2.75) is 6.92 Å². The van der Waals surface area contributed by atoms with E-state index in [0.717, 1.165) is 10.6 Å². The Morgan fingerprint density at radius 2 is 2.09 bits per heavy atom. The number of hydrogen-bond donors (Lipinski definition) is 0. The van der Waals surface area contributed by atoms with Gasteiger partial charge in [0.2, 0.25) is 0 Å². The Kier molecular flexibility index (Phi) is 8.75. The largest absolute Gasteiger partial charge is 0.560 e. The van der Waals surface area contributed by atoms with Gasteiger partial charge in [-0.15, -0.1) is 0 Å². The van der Waals surface area contributed by atoms with Gasteiger partial charge in [0.1, 0.15) is 0 Å². The van der Waals surface area contributed by atoms with Gasteiger partial charge in [-0.3, -0.25) is 25.8 Å². The van der Waals surface area contributed by atoms with Crippen molar-refractivity contribution in [3.63, 3.8) is 0 Å². The van der Waals surface area contributed by atoms with Gasteiger partial charge in [0.25, 0.3) is 0 Å². The van der Waals surface area contributed by atoms with Gasteiger partial charge in [-0.25, -0.2) is 0 Å². The Balaban J connectivity index is 0.000000292. The molecule has 4 heteroatoms. The van der Waals surface area contributed by atoms with E-state index in [1.54, 1.807) is 0 Å². The van der Waals surface area contributed by atoms with Crippen molar-refractivity contribution in [1.82, 2.24) is 0 Å². The van der Waals surface area contributed by atoms with Crippen LogP contribution in [-0.4, -0.2) is 16.0 Å². The van der Waals surface area contributed by atoms with E-state index < -0.39 is 0 Å². The molecule has 0 aliphatic heterocycles. The Morgan fingerprint density at radius 1 is 1.55 bits per heavy atom. The van der Waals surface area contributed by atoms with Gasteiger partial charge < -0.3 is 0 Å². The minimum absolute atomic E-state index is 0.0417. The van der Waals surface area contributed by atoms with E-state index in [4.69, 9.17) is 11.6 Å². The minimum Gasteiger partial charge on any atom is -0.280 e. The van der Waals surface area contributed by atoms with Gasteiger partial charge in [0, 0.05) is 5.02 Å². The van der Waals surface area contributed by atoms with Crippen LogP contribution in [0.4, 0.5) is 0 Å². The zero-order valence-corrected chi connectivity index (χ0v) is 11.4. The number of aryl methyl sites for hydroxylation is 1. The van der Waals surface area contributed by atoms with E-state index in [-0.39, 0.29) is 16.0 Å². The Morgan fingerprint density at radius 3 is 2.36 bits per heavy atom. The molecule has 1 rings (SSSR count). The predicted molar refractivity (Wildman–Crippen MR) is 58.6 cm³/mol. The highest BCUT2D eigenvalue weighted by Gasteiger charge is 1.83. The van der Waals surface area contributed by atoms with Crippen LogP contribution in [0.3, 0.4) is 0 Å². The molecule has 0 aliphatic carbocycles. The lowest BCUT2D eigenvalue weighted by atomic mass is 10.2. The highest BCUT2D eigenvalue weighted by Crippen LogP contribution is 2.07. The molecule has 1 radical (unpaired) electrons. The van der Waals surface area contributed by atoms with Gasteiger partial charge in [0.15, 0.2) is 0 Å². The summed E-state index contributed by atoms with van der Waals surface area (Å²) in [6, 6.07) is 8.50. The minimum atomic E-state index is 0.0417. The molecule has 0 aromatic heterocycles. The van der Waals surface area contributed by atoms with Crippen LogP contribution < -0.4 is 0 Å². The lowest BCUT2D eigenvalue weighted by Crippen LogP contribution is -1.67. The number of benzene rings is 1. The van der Waals surface area contributed by atoms with Gasteiger partial charge in [-0.05, 0) is 30.7 Å². The van der Waals surface area contributed by atoms with Crippen LogP contribution in [0.2, 0.25) is 5.02 Å². The van der Waals surface area contributed by atoms with Crippen molar-refractivity contribution >= 4 is 53.4 Å². The standard InChI is InChI=1S/C7H6Cl.2BrH.Mg/c1-6-3-2-4-7(8)5-6;;;/h2,4-5H,1H3;2*1H;/q;;;+2/p-2. The molecule has 0 spiro atoms. The Hall–Kier alpha value is 1.24. The lowest BCUT2D eigenvalue weighted by molar-refractivity contribution is 1.46. The summed E-state index contributed by atoms with van der Waals surface area (Å²) in [6.07, 6.45) is 0. The first kappa shape index (κ1) is 12.2. The first-order valence-corrected chi connectivity index (χ1v) is 11.1. The second-order valence-electron chi connectivity index (χ2n) is 1.79. The van der Waals surface area contributed by atoms with Gasteiger partial charge in [-0.2, -0.15) is 0 Å². The second-order valence-corrected chi connectivity index (χ2v) is 10.3. The van der Waals surface area contributed by atoms with Crippen LogP contribution in [0, 0.1) is 13.0 Å². The van der Waals surface area contributed by atoms with Gasteiger partial charge in [-0.1, -0.05) is 17.7 Å². The summed E-state index contributed by atoms with van der Waals surface area (Å²) in [5.74, 6) is 0. The zero-order chi connectivity index (χ0) is 8.69. The summed E-state index contributed by atoms with van der Waals surface area (Å²) >= 11 is 12.1. The maximum absolute atomic E-state index is 5.62. The summed E-state index contributed by atoms with van der Waals surface area (Å²) in [7, 11) is 0. The van der Waals surface area contributed by atoms with Gasteiger partial charge >= 0.3 is 16.0 Å². The summed E-state index contributed by atoms with van der Waals surface area (Å²) in [5, 5.41) is 0.779. The smallest absolute Gasteiger partial charge is 0.280 e. The highest BCUT2D eigenvalue weighted by atomic mass is 79.9. The molecule has 0 unspecified atom stereocenters. The van der Waals surface area contributed by atoms with Crippen molar-refractivity contribution in [3.8, 4) is 0 Å². The quantitative estimate of drug-likeness (QED) is 0.640. The third kappa shape index (κ3) is 7.59. The third-order valence-electron chi connectivity index (χ3n) is 0.908. The molecule has 0 fully saturated rings. The first-order chi connectivity index (χ1) is 5.20. The third-order valence-corrected chi connectivity index (χ3v) is 1.14. The molecular weight excluding hydrogens is 304 g/mol. The van der Waals surface area contributed by atoms with Crippen LogP contribution in [0.5, 0.6) is 0 Å². The van der Waals surface area contributed by atoms with Crippen molar-refractivity contribution in [3.05, 3.63) is 34.9 Å². The van der Waals surface area contributed by atoms with E-state index >= 15 is 0 Å². The van der Waals surface area contributed by atoms with Crippen molar-refractivity contribution in [2.75, 3.05) is 0 Å². The topological polar surface area (TPSA) is 0 Å². The molecule has 0 saturated heterocycles. The van der Waals surface area contributed by atoms with Crippen LogP contribution in [0.15, 0.2) is 18.2 Å². The van der Waals surface area contributed by atoms with E-state index in [1.807, 2.05) is 25.1 Å². The molecule has 0 bridgehead atoms. The second kappa shape index (κ2) is 7.86. The Bertz CT molecular complexity index is 188. The highest BCUT2D eigenvalue weighted by molar-refractivity contribution is 9.47. The average molecular weight is 310 g/mol. The van der Waals surface area contributed by atoms with E-state index in [9.17, 15) is 0 Å². The molecule has 0 amide bonds. The predicted octanol–water partition coefficient (Wildman–Crippen LogP) is 3.76. The van der Waals surface area contributed by atoms with Crippen molar-refractivity contribution in [2.24, 2.45) is 0 Å². The molecule has 0 atom stereocenters. The summed E-state index contributed by atoms with van der Waals surface area (Å²) < 4.78 is 0. The van der Waals surface area contributed by atoms with Crippen molar-refractivity contribution < 1.29 is 0 Å². The number of halogens is 3. The first-order valence-electron chi connectivity index (χ1n) is 2.96. The van der Waals surface area contributed by atoms with Gasteiger partial charge in [0.05, 0.1) is 0 Å². The molecular formula is C7H6Br2ClMg. The normalized spacial score (nSPS) is 7.64.